The number of fused-ring (bicyclic) bond motifs is 12. The zero-order valence-electron chi connectivity index (χ0n) is 46.3. The number of hydrogen-bond donors (Lipinski definition) is 4. The summed E-state index contributed by atoms with van der Waals surface area (Å²) in [7, 11) is 0. The number of hydrogen-bond acceptors (Lipinski definition) is 8. The van der Waals surface area contributed by atoms with Crippen LogP contribution in [0.1, 0.15) is 175 Å². The first-order chi connectivity index (χ1) is 39.4. The van der Waals surface area contributed by atoms with Gasteiger partial charge in [0.25, 0.3) is 0 Å². The van der Waals surface area contributed by atoms with Crippen LogP contribution in [0, 0.1) is 23.7 Å². The molecule has 0 bridgehead atoms. The molecule has 0 spiro atoms. The van der Waals surface area contributed by atoms with Gasteiger partial charge in [-0.1, -0.05) is 174 Å². The van der Waals surface area contributed by atoms with Crippen LogP contribution < -0.4 is 0 Å². The number of benzene rings is 4. The summed E-state index contributed by atoms with van der Waals surface area (Å²) in [5, 5.41) is 43.7. The van der Waals surface area contributed by atoms with Gasteiger partial charge >= 0.3 is 0 Å². The number of imidazole rings is 4. The molecule has 8 aliphatic rings. The molecule has 4 N–H and O–H groups in total. The van der Waals surface area contributed by atoms with Gasteiger partial charge in [-0.05, 0) is 97.3 Å². The third kappa shape index (κ3) is 9.92. The molecule has 0 amide bonds. The van der Waals surface area contributed by atoms with Crippen molar-refractivity contribution in [3.8, 4) is 45.0 Å². The van der Waals surface area contributed by atoms with Gasteiger partial charge in [0.15, 0.2) is 0 Å². The Bertz CT molecular complexity index is 2890. The van der Waals surface area contributed by atoms with Gasteiger partial charge in [-0.3, -0.25) is 0 Å². The van der Waals surface area contributed by atoms with E-state index in [1.165, 1.54) is 122 Å². The minimum atomic E-state index is -0.299. The quantitative estimate of drug-likeness (QED) is 0.117. The summed E-state index contributed by atoms with van der Waals surface area (Å²) in [6, 6.07) is 33.9. The first kappa shape index (κ1) is 52.9. The summed E-state index contributed by atoms with van der Waals surface area (Å²) < 4.78 is 8.63. The molecule has 0 saturated heterocycles. The fourth-order valence-corrected chi connectivity index (χ4v) is 15.8. The maximum atomic E-state index is 10.9. The second-order valence-corrected chi connectivity index (χ2v) is 24.4. The molecule has 4 aliphatic carbocycles. The molecule has 8 aromatic rings. The summed E-state index contributed by atoms with van der Waals surface area (Å²) in [4.78, 5) is 17.1. The molecule has 4 saturated carbocycles. The van der Waals surface area contributed by atoms with Crippen LogP contribution in [0.3, 0.4) is 0 Å². The molecular weight excluding hydrogens is 993 g/mol. The number of aliphatic hydroxyl groups is 4. The Morgan fingerprint density at radius 3 is 0.700 bits per heavy atom. The van der Waals surface area contributed by atoms with Crippen LogP contribution in [0.5, 0.6) is 0 Å². The van der Waals surface area contributed by atoms with Gasteiger partial charge in [-0.2, -0.15) is 0 Å². The molecule has 8 heterocycles. The standard InChI is InChI=1S/4C17H20N2O/c4*20-17(12-6-2-1-3-7-12)16-14-9-5-4-8-13(14)15-10-18-11-19(15)16/h4*4-5,8-12,16-17,20H,1-3,6-7H2/t2*16-,17+;2*16-,17-/m1010/s1. The Labute approximate surface area is 471 Å². The SMILES string of the molecule is O[C@@H](C1CCCCC1)[C@@H]1c2ccccc2-c2cncn21.O[C@@H](C1CCCCC1)[C@H]1c2ccccc2-c2cncn21.O[C@H](C1CCCCC1)[C@@H]1c2ccccc2-c2cncn21.O[C@H](C1CCCCC1)[C@H]1c2ccccc2-c2cncn21. The Balaban J connectivity index is 0.000000101. The summed E-state index contributed by atoms with van der Waals surface area (Å²) in [5.41, 5.74) is 14.5. The fraction of sp³-hybridized carbons (Fsp3) is 0.471. The van der Waals surface area contributed by atoms with Crippen LogP contribution >= 0.6 is 0 Å². The van der Waals surface area contributed by atoms with E-state index >= 15 is 0 Å². The number of aliphatic hydroxyl groups excluding tert-OH is 4. The van der Waals surface area contributed by atoms with Crippen molar-refractivity contribution in [3.63, 3.8) is 0 Å². The monoisotopic (exact) mass is 1070 g/mol. The first-order valence-corrected chi connectivity index (χ1v) is 30.6. The highest BCUT2D eigenvalue weighted by atomic mass is 16.3. The molecule has 4 aromatic carbocycles. The van der Waals surface area contributed by atoms with E-state index in [-0.39, 0.29) is 48.6 Å². The van der Waals surface area contributed by atoms with E-state index in [4.69, 9.17) is 0 Å². The molecule has 12 nitrogen and oxygen atoms in total. The number of aromatic nitrogens is 8. The largest absolute Gasteiger partial charge is 0.390 e. The fourth-order valence-electron chi connectivity index (χ4n) is 15.8. The average Bonchev–Trinajstić information content (AvgIpc) is 4.43. The van der Waals surface area contributed by atoms with E-state index in [0.717, 1.165) is 74.1 Å². The molecule has 416 valence electrons. The zero-order valence-corrected chi connectivity index (χ0v) is 46.3. The lowest BCUT2D eigenvalue weighted by molar-refractivity contribution is 0.0534. The van der Waals surface area contributed by atoms with Crippen molar-refractivity contribution >= 4 is 0 Å². The molecule has 80 heavy (non-hydrogen) atoms. The topological polar surface area (TPSA) is 152 Å². The molecule has 0 radical (unpaired) electrons. The smallest absolute Gasteiger partial charge is 0.0957 e. The van der Waals surface area contributed by atoms with Crippen molar-refractivity contribution in [1.82, 2.24) is 38.2 Å². The van der Waals surface area contributed by atoms with Gasteiger partial charge in [0.2, 0.25) is 0 Å². The van der Waals surface area contributed by atoms with Gasteiger partial charge in [-0.15, -0.1) is 0 Å². The van der Waals surface area contributed by atoms with E-state index in [0.29, 0.717) is 23.7 Å². The van der Waals surface area contributed by atoms with Gasteiger partial charge in [0, 0.05) is 22.3 Å². The van der Waals surface area contributed by atoms with E-state index in [2.05, 4.69) is 135 Å². The van der Waals surface area contributed by atoms with Crippen LogP contribution in [0.4, 0.5) is 0 Å². The van der Waals surface area contributed by atoms with E-state index in [1.54, 1.807) is 0 Å². The molecule has 0 unspecified atom stereocenters. The molecule has 16 rings (SSSR count). The predicted molar refractivity (Wildman–Crippen MR) is 314 cm³/mol. The van der Waals surface area contributed by atoms with Crippen LogP contribution in [-0.2, 0) is 0 Å². The zero-order chi connectivity index (χ0) is 54.1. The predicted octanol–water partition coefficient (Wildman–Crippen LogP) is 13.6. The van der Waals surface area contributed by atoms with Crippen LogP contribution in [0.25, 0.3) is 45.0 Å². The lowest BCUT2D eigenvalue weighted by atomic mass is 9.81. The molecule has 4 fully saturated rings. The van der Waals surface area contributed by atoms with Crippen molar-refractivity contribution < 1.29 is 20.4 Å². The maximum absolute atomic E-state index is 10.9. The molecule has 8 atom stereocenters. The summed E-state index contributed by atoms with van der Waals surface area (Å²) >= 11 is 0. The van der Waals surface area contributed by atoms with Crippen LogP contribution in [0.15, 0.2) is 147 Å². The number of rotatable bonds is 8. The lowest BCUT2D eigenvalue weighted by Gasteiger charge is -2.31. The summed E-state index contributed by atoms with van der Waals surface area (Å²) in [5.74, 6) is 1.70. The highest BCUT2D eigenvalue weighted by Crippen LogP contribution is 2.48. The highest BCUT2D eigenvalue weighted by Gasteiger charge is 2.41. The second kappa shape index (κ2) is 23.6. The molecular formula is C68H80N8O4. The Morgan fingerprint density at radius 2 is 0.487 bits per heavy atom. The highest BCUT2D eigenvalue weighted by molar-refractivity contribution is 5.72. The Hall–Kier alpha value is -6.44. The molecule has 4 aliphatic heterocycles. The van der Waals surface area contributed by atoms with Crippen molar-refractivity contribution in [1.29, 1.82) is 0 Å². The van der Waals surface area contributed by atoms with E-state index in [9.17, 15) is 20.4 Å². The third-order valence-corrected chi connectivity index (χ3v) is 19.9. The minimum absolute atomic E-state index is 0.0480. The van der Waals surface area contributed by atoms with Gasteiger partial charge in [-0.25, -0.2) is 19.9 Å². The van der Waals surface area contributed by atoms with Gasteiger partial charge in [0.1, 0.15) is 0 Å². The third-order valence-electron chi connectivity index (χ3n) is 19.9. The van der Waals surface area contributed by atoms with Crippen LogP contribution in [-0.4, -0.2) is 83.0 Å². The first-order valence-electron chi connectivity index (χ1n) is 30.6. The molecule has 4 aromatic heterocycles. The molecule has 12 heteroatoms. The van der Waals surface area contributed by atoms with E-state index in [1.807, 2.05) is 50.1 Å². The normalized spacial score (nSPS) is 23.4. The second-order valence-electron chi connectivity index (χ2n) is 24.4. The Kier molecular flexibility index (Phi) is 15.6. The van der Waals surface area contributed by atoms with Crippen molar-refractivity contribution in [2.75, 3.05) is 0 Å². The van der Waals surface area contributed by atoms with Crippen molar-refractivity contribution in [2.45, 2.75) is 177 Å². The van der Waals surface area contributed by atoms with Crippen LogP contribution in [0.2, 0.25) is 0 Å². The van der Waals surface area contributed by atoms with Crippen molar-refractivity contribution in [2.24, 2.45) is 23.7 Å². The summed E-state index contributed by atoms with van der Waals surface area (Å²) in [6.07, 6.45) is 38.5. The average molecular weight is 1070 g/mol. The maximum Gasteiger partial charge on any atom is 0.0957 e. The Morgan fingerprint density at radius 1 is 0.287 bits per heavy atom. The summed E-state index contributed by atoms with van der Waals surface area (Å²) in [6.45, 7) is 0. The minimum Gasteiger partial charge on any atom is -0.390 e. The number of nitrogens with zero attached hydrogens (tertiary/aromatic N) is 8. The lowest BCUT2D eigenvalue weighted by Crippen LogP contribution is -2.31. The van der Waals surface area contributed by atoms with E-state index < -0.39 is 0 Å². The van der Waals surface area contributed by atoms with Gasteiger partial charge < -0.3 is 38.7 Å². The van der Waals surface area contributed by atoms with Gasteiger partial charge in [0.05, 0.1) is 121 Å². The van der Waals surface area contributed by atoms with Crippen molar-refractivity contribution in [3.05, 3.63) is 169 Å².